The molecule has 1 aromatic heterocycles. The highest BCUT2D eigenvalue weighted by Gasteiger charge is 2.14. The molecular formula is C22H26N2O4. The number of carbonyl (C=O) groups is 2. The SMILES string of the molecule is CCn1c2ccccc2c2cc(CNC3CCCC3)ccc21.O=C(O)C(=O)O. The molecule has 1 heterocycles. The van der Waals surface area contributed by atoms with Gasteiger partial charge in [0, 0.05) is 40.9 Å². The fourth-order valence-electron chi connectivity index (χ4n) is 3.94. The second-order valence-electron chi connectivity index (χ2n) is 7.09. The summed E-state index contributed by atoms with van der Waals surface area (Å²) in [5.74, 6) is -3.65. The number of aliphatic carboxylic acids is 2. The first kappa shape index (κ1) is 19.9. The summed E-state index contributed by atoms with van der Waals surface area (Å²) in [6, 6.07) is 16.5. The van der Waals surface area contributed by atoms with E-state index in [1.165, 1.54) is 53.1 Å². The largest absolute Gasteiger partial charge is 0.473 e. The second kappa shape index (κ2) is 8.89. The Bertz CT molecular complexity index is 975. The summed E-state index contributed by atoms with van der Waals surface area (Å²) in [6.07, 6.45) is 5.47. The van der Waals surface area contributed by atoms with Crippen LogP contribution < -0.4 is 5.32 Å². The number of carboxylic acids is 2. The number of nitrogens with zero attached hydrogens (tertiary/aromatic N) is 1. The highest BCUT2D eigenvalue weighted by Crippen LogP contribution is 2.29. The van der Waals surface area contributed by atoms with Crippen molar-refractivity contribution >= 4 is 33.7 Å². The van der Waals surface area contributed by atoms with Gasteiger partial charge in [-0.2, -0.15) is 0 Å². The van der Waals surface area contributed by atoms with Crippen LogP contribution in [-0.4, -0.2) is 32.8 Å². The van der Waals surface area contributed by atoms with E-state index in [1.54, 1.807) is 0 Å². The Labute approximate surface area is 163 Å². The molecule has 28 heavy (non-hydrogen) atoms. The lowest BCUT2D eigenvalue weighted by molar-refractivity contribution is -0.159. The van der Waals surface area contributed by atoms with E-state index >= 15 is 0 Å². The van der Waals surface area contributed by atoms with Crippen LogP contribution in [0.3, 0.4) is 0 Å². The Balaban J connectivity index is 0.000000330. The summed E-state index contributed by atoms with van der Waals surface area (Å²) < 4.78 is 2.42. The molecule has 0 saturated heterocycles. The average molecular weight is 382 g/mol. The van der Waals surface area contributed by atoms with Gasteiger partial charge in [-0.3, -0.25) is 0 Å². The molecule has 2 aromatic carbocycles. The van der Waals surface area contributed by atoms with Crippen molar-refractivity contribution in [2.24, 2.45) is 0 Å². The summed E-state index contributed by atoms with van der Waals surface area (Å²) in [6.45, 7) is 4.23. The van der Waals surface area contributed by atoms with Crippen molar-refractivity contribution in [3.63, 3.8) is 0 Å². The summed E-state index contributed by atoms with van der Waals surface area (Å²) >= 11 is 0. The standard InChI is InChI=1S/C20H24N2.C2H2O4/c1-2-22-19-10-6-5-9-17(19)18-13-15(11-12-20(18)22)14-21-16-7-3-4-8-16;3-1(4)2(5)6/h5-6,9-13,16,21H,2-4,7-8,14H2,1H3;(H,3,4)(H,5,6). The van der Waals surface area contributed by atoms with Crippen LogP contribution >= 0.6 is 0 Å². The van der Waals surface area contributed by atoms with Crippen LogP contribution in [0.5, 0.6) is 0 Å². The number of para-hydroxylation sites is 1. The molecule has 0 amide bonds. The third-order valence-corrected chi connectivity index (χ3v) is 5.29. The van der Waals surface area contributed by atoms with Crippen LogP contribution in [-0.2, 0) is 22.7 Å². The summed E-state index contributed by atoms with van der Waals surface area (Å²) in [5.41, 5.74) is 4.10. The van der Waals surface area contributed by atoms with Gasteiger partial charge in [0.2, 0.25) is 0 Å². The van der Waals surface area contributed by atoms with E-state index in [2.05, 4.69) is 59.3 Å². The number of benzene rings is 2. The van der Waals surface area contributed by atoms with E-state index in [0.717, 1.165) is 19.1 Å². The number of fused-ring (bicyclic) bond motifs is 3. The first-order chi connectivity index (χ1) is 13.5. The van der Waals surface area contributed by atoms with Crippen LogP contribution in [0.15, 0.2) is 42.5 Å². The van der Waals surface area contributed by atoms with Crippen molar-refractivity contribution in [3.8, 4) is 0 Å². The third-order valence-electron chi connectivity index (χ3n) is 5.29. The van der Waals surface area contributed by atoms with Crippen molar-refractivity contribution in [2.45, 2.75) is 51.7 Å². The monoisotopic (exact) mass is 382 g/mol. The van der Waals surface area contributed by atoms with Gasteiger partial charge in [-0.1, -0.05) is 37.1 Å². The lowest BCUT2D eigenvalue weighted by atomic mass is 10.1. The zero-order chi connectivity index (χ0) is 20.1. The van der Waals surface area contributed by atoms with Gasteiger partial charge in [-0.25, -0.2) is 9.59 Å². The molecule has 1 saturated carbocycles. The van der Waals surface area contributed by atoms with E-state index in [0.29, 0.717) is 0 Å². The van der Waals surface area contributed by atoms with Crippen LogP contribution in [0.1, 0.15) is 38.2 Å². The summed E-state index contributed by atoms with van der Waals surface area (Å²) in [4.78, 5) is 18.2. The minimum Gasteiger partial charge on any atom is -0.473 e. The Morgan fingerprint density at radius 2 is 1.64 bits per heavy atom. The molecule has 1 aliphatic carbocycles. The van der Waals surface area contributed by atoms with Gasteiger partial charge in [0.15, 0.2) is 0 Å². The van der Waals surface area contributed by atoms with Crippen molar-refractivity contribution in [3.05, 3.63) is 48.0 Å². The summed E-state index contributed by atoms with van der Waals surface area (Å²) in [7, 11) is 0. The molecular weight excluding hydrogens is 356 g/mol. The van der Waals surface area contributed by atoms with Gasteiger partial charge in [0.25, 0.3) is 0 Å². The Morgan fingerprint density at radius 1 is 1.00 bits per heavy atom. The van der Waals surface area contributed by atoms with Crippen molar-refractivity contribution in [1.82, 2.24) is 9.88 Å². The normalized spacial score (nSPS) is 14.2. The Morgan fingerprint density at radius 3 is 2.29 bits per heavy atom. The first-order valence-corrected chi connectivity index (χ1v) is 9.70. The van der Waals surface area contributed by atoms with E-state index in [-0.39, 0.29) is 0 Å². The van der Waals surface area contributed by atoms with Gasteiger partial charge in [0.05, 0.1) is 0 Å². The Hall–Kier alpha value is -2.86. The number of aromatic nitrogens is 1. The van der Waals surface area contributed by atoms with E-state index in [1.807, 2.05) is 0 Å². The number of carboxylic acid groups (broad SMARTS) is 2. The quantitative estimate of drug-likeness (QED) is 0.593. The maximum Gasteiger partial charge on any atom is 0.414 e. The van der Waals surface area contributed by atoms with Crippen molar-refractivity contribution < 1.29 is 19.8 Å². The minimum atomic E-state index is -1.82. The number of rotatable bonds is 4. The maximum absolute atomic E-state index is 9.10. The molecule has 3 N–H and O–H groups in total. The Kier molecular flexibility index (Phi) is 6.31. The average Bonchev–Trinajstić information content (AvgIpc) is 3.32. The van der Waals surface area contributed by atoms with Crippen LogP contribution in [0, 0.1) is 0 Å². The zero-order valence-corrected chi connectivity index (χ0v) is 16.0. The molecule has 0 unspecified atom stereocenters. The second-order valence-corrected chi connectivity index (χ2v) is 7.09. The predicted octanol–water partition coefficient (Wildman–Crippen LogP) is 4.00. The fourth-order valence-corrected chi connectivity index (χ4v) is 3.94. The fraction of sp³-hybridized carbons (Fsp3) is 0.364. The smallest absolute Gasteiger partial charge is 0.414 e. The molecule has 0 spiro atoms. The lowest BCUT2D eigenvalue weighted by Gasteiger charge is -2.12. The van der Waals surface area contributed by atoms with Gasteiger partial charge in [-0.15, -0.1) is 0 Å². The molecule has 0 atom stereocenters. The molecule has 4 rings (SSSR count). The number of nitrogens with one attached hydrogen (secondary N) is 1. The predicted molar refractivity (Wildman–Crippen MR) is 109 cm³/mol. The van der Waals surface area contributed by atoms with E-state index in [4.69, 9.17) is 19.8 Å². The van der Waals surface area contributed by atoms with Gasteiger partial charge in [0.1, 0.15) is 0 Å². The molecule has 6 nitrogen and oxygen atoms in total. The van der Waals surface area contributed by atoms with E-state index < -0.39 is 11.9 Å². The molecule has 3 aromatic rings. The van der Waals surface area contributed by atoms with Crippen molar-refractivity contribution in [1.29, 1.82) is 0 Å². The molecule has 1 fully saturated rings. The summed E-state index contributed by atoms with van der Waals surface area (Å²) in [5, 5.41) is 21.3. The highest BCUT2D eigenvalue weighted by molar-refractivity contribution is 6.27. The number of aryl methyl sites for hydroxylation is 1. The third kappa shape index (κ3) is 4.34. The lowest BCUT2D eigenvalue weighted by Crippen LogP contribution is -2.25. The minimum absolute atomic E-state index is 0.729. The zero-order valence-electron chi connectivity index (χ0n) is 16.0. The van der Waals surface area contributed by atoms with Gasteiger partial charge in [-0.05, 0) is 43.5 Å². The molecule has 0 aliphatic heterocycles. The molecule has 1 aliphatic rings. The topological polar surface area (TPSA) is 91.6 Å². The number of hydrogen-bond acceptors (Lipinski definition) is 3. The molecule has 148 valence electrons. The molecule has 0 radical (unpaired) electrons. The van der Waals surface area contributed by atoms with Gasteiger partial charge >= 0.3 is 11.9 Å². The van der Waals surface area contributed by atoms with Crippen LogP contribution in [0.4, 0.5) is 0 Å². The molecule has 0 bridgehead atoms. The maximum atomic E-state index is 9.10. The molecule has 6 heteroatoms. The van der Waals surface area contributed by atoms with Crippen LogP contribution in [0.2, 0.25) is 0 Å². The highest BCUT2D eigenvalue weighted by atomic mass is 16.4. The van der Waals surface area contributed by atoms with Crippen molar-refractivity contribution in [2.75, 3.05) is 0 Å². The van der Waals surface area contributed by atoms with Gasteiger partial charge < -0.3 is 20.1 Å². The number of hydrogen-bond donors (Lipinski definition) is 3. The van der Waals surface area contributed by atoms with Crippen LogP contribution in [0.25, 0.3) is 21.8 Å². The first-order valence-electron chi connectivity index (χ1n) is 9.70. The van der Waals surface area contributed by atoms with E-state index in [9.17, 15) is 0 Å².